The fraction of sp³-hybridized carbons (Fsp3) is 0.312. The summed E-state index contributed by atoms with van der Waals surface area (Å²) in [6.07, 6.45) is 2.61. The van der Waals surface area contributed by atoms with Gasteiger partial charge in [-0.05, 0) is 18.2 Å². The van der Waals surface area contributed by atoms with Gasteiger partial charge in [0.25, 0.3) is 0 Å². The van der Waals surface area contributed by atoms with Crippen LogP contribution in [0.3, 0.4) is 0 Å². The maximum Gasteiger partial charge on any atom is 0.338 e. The van der Waals surface area contributed by atoms with Gasteiger partial charge in [0, 0.05) is 11.6 Å². The molecular formula is C16H17N3O4. The number of aliphatic hydroxyl groups is 1. The molecule has 2 N–H and O–H groups in total. The van der Waals surface area contributed by atoms with E-state index < -0.39 is 11.4 Å². The van der Waals surface area contributed by atoms with Gasteiger partial charge in [-0.3, -0.25) is 0 Å². The first kappa shape index (κ1) is 16.5. The van der Waals surface area contributed by atoms with Crippen LogP contribution in [0.5, 0.6) is 5.75 Å². The molecule has 7 nitrogen and oxygen atoms in total. The zero-order chi connectivity index (χ0) is 17.0. The number of carboxylic acid groups (broad SMARTS) is 1. The molecule has 0 bridgehead atoms. The van der Waals surface area contributed by atoms with Gasteiger partial charge in [0.15, 0.2) is 0 Å². The molecule has 2 aromatic rings. The van der Waals surface area contributed by atoms with Crippen LogP contribution < -0.4 is 4.74 Å². The highest BCUT2D eigenvalue weighted by atomic mass is 16.5. The van der Waals surface area contributed by atoms with E-state index >= 15 is 0 Å². The molecule has 2 rings (SSSR count). The summed E-state index contributed by atoms with van der Waals surface area (Å²) in [6.45, 7) is 3.94. The van der Waals surface area contributed by atoms with Crippen molar-refractivity contribution in [1.29, 1.82) is 5.26 Å². The number of carboxylic acids is 1. The van der Waals surface area contributed by atoms with Gasteiger partial charge in [0.2, 0.25) is 0 Å². The van der Waals surface area contributed by atoms with Crippen LogP contribution in [0, 0.1) is 16.7 Å². The van der Waals surface area contributed by atoms with Crippen molar-refractivity contribution in [3.05, 3.63) is 41.7 Å². The molecule has 1 heterocycles. The van der Waals surface area contributed by atoms with E-state index in [1.807, 2.05) is 19.9 Å². The molecule has 0 saturated carbocycles. The van der Waals surface area contributed by atoms with Crippen molar-refractivity contribution in [3.63, 3.8) is 0 Å². The van der Waals surface area contributed by atoms with Crippen molar-refractivity contribution >= 4 is 5.97 Å². The molecule has 0 radical (unpaired) electrons. The van der Waals surface area contributed by atoms with Crippen molar-refractivity contribution in [3.8, 4) is 17.5 Å². The number of ether oxygens (including phenoxy) is 1. The third-order valence-electron chi connectivity index (χ3n) is 3.22. The Kier molecular flexibility index (Phi) is 4.67. The van der Waals surface area contributed by atoms with Gasteiger partial charge in [0.05, 0.1) is 36.2 Å². The summed E-state index contributed by atoms with van der Waals surface area (Å²) >= 11 is 0. The number of nitriles is 1. The normalized spacial score (nSPS) is 11.0. The summed E-state index contributed by atoms with van der Waals surface area (Å²) < 4.78 is 6.99. The predicted octanol–water partition coefficient (Wildman–Crippen LogP) is 1.84. The number of hydrogen-bond donors (Lipinski definition) is 2. The second-order valence-electron chi connectivity index (χ2n) is 5.88. The number of aliphatic hydroxyl groups excluding tert-OH is 1. The van der Waals surface area contributed by atoms with E-state index in [1.54, 1.807) is 18.2 Å². The summed E-state index contributed by atoms with van der Waals surface area (Å²) in [7, 11) is 0. The van der Waals surface area contributed by atoms with Crippen molar-refractivity contribution in [2.45, 2.75) is 13.8 Å². The number of rotatable bonds is 6. The summed E-state index contributed by atoms with van der Waals surface area (Å²) in [6, 6.07) is 6.92. The molecule has 0 unspecified atom stereocenters. The highest BCUT2D eigenvalue weighted by Crippen LogP contribution is 2.24. The van der Waals surface area contributed by atoms with Gasteiger partial charge in [0.1, 0.15) is 11.8 Å². The zero-order valence-electron chi connectivity index (χ0n) is 12.9. The fourth-order valence-electron chi connectivity index (χ4n) is 1.77. The Hall–Kier alpha value is -2.85. The highest BCUT2D eigenvalue weighted by Gasteiger charge is 2.18. The number of aromatic carboxylic acids is 1. The van der Waals surface area contributed by atoms with Crippen LogP contribution in [0.4, 0.5) is 0 Å². The lowest BCUT2D eigenvalue weighted by molar-refractivity contribution is 0.0697. The molecule has 23 heavy (non-hydrogen) atoms. The van der Waals surface area contributed by atoms with E-state index in [2.05, 4.69) is 5.10 Å². The van der Waals surface area contributed by atoms with E-state index in [1.165, 1.54) is 17.1 Å². The van der Waals surface area contributed by atoms with E-state index in [-0.39, 0.29) is 18.8 Å². The van der Waals surface area contributed by atoms with Crippen LogP contribution in [-0.2, 0) is 0 Å². The molecule has 7 heteroatoms. The lowest BCUT2D eigenvalue weighted by Crippen LogP contribution is -2.25. The molecule has 0 fully saturated rings. The smallest absolute Gasteiger partial charge is 0.338 e. The van der Waals surface area contributed by atoms with Crippen molar-refractivity contribution in [2.24, 2.45) is 5.41 Å². The molecule has 0 aliphatic rings. The number of aromatic nitrogens is 2. The molecule has 0 saturated heterocycles. The van der Waals surface area contributed by atoms with E-state index in [0.717, 1.165) is 0 Å². The average molecular weight is 315 g/mol. The first-order chi connectivity index (χ1) is 10.9. The lowest BCUT2D eigenvalue weighted by Gasteiger charge is -2.22. The van der Waals surface area contributed by atoms with Crippen LogP contribution >= 0.6 is 0 Å². The van der Waals surface area contributed by atoms with Crippen molar-refractivity contribution < 1.29 is 19.7 Å². The topological polar surface area (TPSA) is 108 Å². The minimum absolute atomic E-state index is 0.0295. The maximum absolute atomic E-state index is 10.9. The Morgan fingerprint density at radius 2 is 2.22 bits per heavy atom. The van der Waals surface area contributed by atoms with Gasteiger partial charge in [-0.25, -0.2) is 9.48 Å². The summed E-state index contributed by atoms with van der Waals surface area (Å²) in [5, 5.41) is 31.4. The zero-order valence-corrected chi connectivity index (χ0v) is 12.9. The highest BCUT2D eigenvalue weighted by molar-refractivity contribution is 5.87. The predicted molar refractivity (Wildman–Crippen MR) is 81.6 cm³/mol. The number of carbonyl (C=O) groups is 1. The second-order valence-corrected chi connectivity index (χ2v) is 5.88. The SMILES string of the molecule is CC(C)(CO)COc1ccc(-n2cc(C(=O)O)cn2)cc1C#N. The van der Waals surface area contributed by atoms with E-state index in [0.29, 0.717) is 17.0 Å². The number of benzene rings is 1. The van der Waals surface area contributed by atoms with Crippen LogP contribution in [0.2, 0.25) is 0 Å². The minimum Gasteiger partial charge on any atom is -0.492 e. The molecule has 120 valence electrons. The van der Waals surface area contributed by atoms with Crippen LogP contribution in [0.25, 0.3) is 5.69 Å². The second kappa shape index (κ2) is 6.50. The third kappa shape index (κ3) is 3.87. The van der Waals surface area contributed by atoms with Gasteiger partial charge in [-0.1, -0.05) is 13.8 Å². The Bertz CT molecular complexity index is 759. The monoisotopic (exact) mass is 315 g/mol. The number of nitrogens with zero attached hydrogens (tertiary/aromatic N) is 3. The molecule has 0 aliphatic heterocycles. The van der Waals surface area contributed by atoms with Gasteiger partial charge >= 0.3 is 5.97 Å². The van der Waals surface area contributed by atoms with Crippen molar-refractivity contribution in [1.82, 2.24) is 9.78 Å². The average Bonchev–Trinajstić information content (AvgIpc) is 3.03. The minimum atomic E-state index is -1.07. The summed E-state index contributed by atoms with van der Waals surface area (Å²) in [5.41, 5.74) is 0.518. The Balaban J connectivity index is 2.25. The Labute approximate surface area is 133 Å². The Morgan fingerprint density at radius 3 is 2.78 bits per heavy atom. The lowest BCUT2D eigenvalue weighted by atomic mass is 9.96. The van der Waals surface area contributed by atoms with Crippen LogP contribution in [0.15, 0.2) is 30.6 Å². The Morgan fingerprint density at radius 1 is 1.48 bits per heavy atom. The molecule has 0 spiro atoms. The third-order valence-corrected chi connectivity index (χ3v) is 3.22. The van der Waals surface area contributed by atoms with Crippen LogP contribution in [-0.4, -0.2) is 39.2 Å². The van der Waals surface area contributed by atoms with E-state index in [4.69, 9.17) is 9.84 Å². The van der Waals surface area contributed by atoms with Crippen molar-refractivity contribution in [2.75, 3.05) is 13.2 Å². The van der Waals surface area contributed by atoms with Gasteiger partial charge < -0.3 is 14.9 Å². The quantitative estimate of drug-likeness (QED) is 0.842. The first-order valence-corrected chi connectivity index (χ1v) is 6.92. The number of hydrogen-bond acceptors (Lipinski definition) is 5. The van der Waals surface area contributed by atoms with E-state index in [9.17, 15) is 15.2 Å². The van der Waals surface area contributed by atoms with Gasteiger partial charge in [-0.2, -0.15) is 10.4 Å². The molecule has 1 aromatic heterocycles. The molecule has 0 amide bonds. The molecule has 1 aromatic carbocycles. The molecule has 0 atom stereocenters. The summed E-state index contributed by atoms with van der Waals surface area (Å²) in [4.78, 5) is 10.9. The molecular weight excluding hydrogens is 298 g/mol. The standard InChI is InChI=1S/C16H17N3O4/c1-16(2,9-20)10-23-14-4-3-13(5-11(14)6-17)19-8-12(7-18-19)15(21)22/h3-5,7-8,20H,9-10H2,1-2H3,(H,21,22). The molecule has 0 aliphatic carbocycles. The first-order valence-electron chi connectivity index (χ1n) is 6.92. The van der Waals surface area contributed by atoms with Crippen LogP contribution in [0.1, 0.15) is 29.8 Å². The summed E-state index contributed by atoms with van der Waals surface area (Å²) in [5.74, 6) is -0.661. The fourth-order valence-corrected chi connectivity index (χ4v) is 1.77. The maximum atomic E-state index is 10.9. The largest absolute Gasteiger partial charge is 0.492 e. The van der Waals surface area contributed by atoms with Gasteiger partial charge in [-0.15, -0.1) is 0 Å².